The molecule has 2 aliphatic rings. The quantitative estimate of drug-likeness (QED) is 0.906. The number of carbonyl (C=O) groups is 2. The van der Waals surface area contributed by atoms with E-state index in [1.54, 1.807) is 12.4 Å². The molecule has 0 aromatic carbocycles. The van der Waals surface area contributed by atoms with Crippen LogP contribution in [0.1, 0.15) is 50.5 Å². The third-order valence-corrected chi connectivity index (χ3v) is 5.27. The number of pyridine rings is 1. The van der Waals surface area contributed by atoms with Gasteiger partial charge in [-0.1, -0.05) is 12.8 Å². The molecule has 3 rings (SSSR count). The molecular weight excluding hydrogens is 302 g/mol. The Balaban J connectivity index is 1.78. The smallest absolute Gasteiger partial charge is 0.227 e. The van der Waals surface area contributed by atoms with Gasteiger partial charge in [0.1, 0.15) is 0 Å². The number of aromatic nitrogens is 1. The van der Waals surface area contributed by atoms with Crippen LogP contribution in [-0.4, -0.2) is 40.8 Å². The Bertz CT molecular complexity index is 561. The number of carbonyl (C=O) groups excluding carboxylic acids is 2. The van der Waals surface area contributed by atoms with Crippen molar-refractivity contribution in [2.75, 3.05) is 13.1 Å². The lowest BCUT2D eigenvalue weighted by Crippen LogP contribution is -2.52. The van der Waals surface area contributed by atoms with Crippen LogP contribution < -0.4 is 5.32 Å². The summed E-state index contributed by atoms with van der Waals surface area (Å²) in [6.45, 7) is 1.55. The molecule has 5 heteroatoms. The van der Waals surface area contributed by atoms with Gasteiger partial charge in [-0.25, -0.2) is 0 Å². The van der Waals surface area contributed by atoms with Gasteiger partial charge in [-0.2, -0.15) is 0 Å². The molecule has 2 fully saturated rings. The van der Waals surface area contributed by atoms with Crippen molar-refractivity contribution in [2.24, 2.45) is 5.92 Å². The number of hydrogen-bond donors (Lipinski definition) is 1. The zero-order chi connectivity index (χ0) is 16.8. The molecule has 2 heterocycles. The number of nitrogens with one attached hydrogen (secondary N) is 1. The van der Waals surface area contributed by atoms with E-state index >= 15 is 0 Å². The second-order valence-electron chi connectivity index (χ2n) is 6.93. The third kappa shape index (κ3) is 4.13. The highest BCUT2D eigenvalue weighted by molar-refractivity contribution is 5.82. The molecular formula is C19H27N3O2. The molecule has 1 aromatic heterocycles. The van der Waals surface area contributed by atoms with Crippen molar-refractivity contribution in [3.8, 4) is 0 Å². The summed E-state index contributed by atoms with van der Waals surface area (Å²) >= 11 is 0. The van der Waals surface area contributed by atoms with E-state index in [-0.39, 0.29) is 23.8 Å². The van der Waals surface area contributed by atoms with Crippen molar-refractivity contribution in [2.45, 2.75) is 57.4 Å². The largest absolute Gasteiger partial charge is 0.356 e. The van der Waals surface area contributed by atoms with E-state index in [9.17, 15) is 9.59 Å². The first-order valence-electron chi connectivity index (χ1n) is 9.22. The van der Waals surface area contributed by atoms with Crippen LogP contribution in [0, 0.1) is 5.92 Å². The first kappa shape index (κ1) is 16.9. The predicted octanol–water partition coefficient (Wildman–Crippen LogP) is 2.31. The Hall–Kier alpha value is -1.91. The predicted molar refractivity (Wildman–Crippen MR) is 92.3 cm³/mol. The molecule has 0 unspecified atom stereocenters. The Morgan fingerprint density at radius 2 is 1.92 bits per heavy atom. The average molecular weight is 329 g/mol. The lowest BCUT2D eigenvalue weighted by Gasteiger charge is -2.40. The topological polar surface area (TPSA) is 62.3 Å². The summed E-state index contributed by atoms with van der Waals surface area (Å²) in [6.07, 6.45) is 10.9. The normalized spacial score (nSPS) is 25.5. The highest BCUT2D eigenvalue weighted by Crippen LogP contribution is 2.30. The Morgan fingerprint density at radius 1 is 1.12 bits per heavy atom. The summed E-state index contributed by atoms with van der Waals surface area (Å²) in [4.78, 5) is 31.5. The van der Waals surface area contributed by atoms with Gasteiger partial charge in [0.25, 0.3) is 0 Å². The molecule has 2 amide bonds. The number of amides is 2. The van der Waals surface area contributed by atoms with E-state index < -0.39 is 0 Å². The van der Waals surface area contributed by atoms with Gasteiger partial charge in [-0.15, -0.1) is 0 Å². The van der Waals surface area contributed by atoms with Gasteiger partial charge in [0.2, 0.25) is 11.8 Å². The summed E-state index contributed by atoms with van der Waals surface area (Å²) in [6, 6.07) is 3.85. The number of fused-ring (bicyclic) bond motifs is 1. The minimum atomic E-state index is -0.0433. The van der Waals surface area contributed by atoms with Crippen LogP contribution in [0.5, 0.6) is 0 Å². The van der Waals surface area contributed by atoms with Crippen LogP contribution in [0.4, 0.5) is 0 Å². The molecule has 0 radical (unpaired) electrons. The monoisotopic (exact) mass is 329 g/mol. The van der Waals surface area contributed by atoms with Crippen molar-refractivity contribution in [3.63, 3.8) is 0 Å². The summed E-state index contributed by atoms with van der Waals surface area (Å²) < 4.78 is 0. The van der Waals surface area contributed by atoms with Crippen LogP contribution in [0.25, 0.3) is 0 Å². The lowest BCUT2D eigenvalue weighted by atomic mass is 9.82. The lowest BCUT2D eigenvalue weighted by molar-refractivity contribution is -0.138. The molecule has 130 valence electrons. The van der Waals surface area contributed by atoms with Crippen molar-refractivity contribution >= 4 is 11.8 Å². The van der Waals surface area contributed by atoms with Gasteiger partial charge in [0.15, 0.2) is 0 Å². The van der Waals surface area contributed by atoms with Crippen LogP contribution in [-0.2, 0) is 16.0 Å². The molecule has 5 nitrogen and oxygen atoms in total. The summed E-state index contributed by atoms with van der Waals surface area (Å²) in [7, 11) is 0. The fraction of sp³-hybridized carbons (Fsp3) is 0.632. The molecule has 1 aliphatic carbocycles. The Kier molecular flexibility index (Phi) is 5.83. The molecule has 0 spiro atoms. The fourth-order valence-electron chi connectivity index (χ4n) is 3.97. The van der Waals surface area contributed by atoms with E-state index in [1.165, 1.54) is 0 Å². The van der Waals surface area contributed by atoms with Gasteiger partial charge in [-0.05, 0) is 49.8 Å². The zero-order valence-corrected chi connectivity index (χ0v) is 14.2. The van der Waals surface area contributed by atoms with Crippen LogP contribution in [0.2, 0.25) is 0 Å². The second-order valence-corrected chi connectivity index (χ2v) is 6.93. The van der Waals surface area contributed by atoms with E-state index in [0.29, 0.717) is 6.42 Å². The summed E-state index contributed by atoms with van der Waals surface area (Å²) in [5.41, 5.74) is 0.990. The molecule has 0 bridgehead atoms. The molecule has 1 aliphatic heterocycles. The molecule has 24 heavy (non-hydrogen) atoms. The Labute approximate surface area is 143 Å². The fourth-order valence-corrected chi connectivity index (χ4v) is 3.97. The van der Waals surface area contributed by atoms with Crippen molar-refractivity contribution in [1.29, 1.82) is 0 Å². The number of nitrogens with zero attached hydrogens (tertiary/aromatic N) is 2. The zero-order valence-electron chi connectivity index (χ0n) is 14.2. The molecule has 2 atom stereocenters. The van der Waals surface area contributed by atoms with Gasteiger partial charge in [-0.3, -0.25) is 14.6 Å². The minimum absolute atomic E-state index is 0.0433. The standard InChI is InChI=1S/C19H27N3O2/c23-18(14-15-8-11-20-12-9-15)22-13-5-1-4-10-21-19(24)16-6-2-3-7-17(16)22/h8-9,11-12,16-17H,1-7,10,13-14H2,(H,21,24)/t16-,17+/m1/s1. The van der Waals surface area contributed by atoms with Gasteiger partial charge in [0, 0.05) is 31.5 Å². The van der Waals surface area contributed by atoms with Crippen molar-refractivity contribution in [1.82, 2.24) is 15.2 Å². The van der Waals surface area contributed by atoms with Crippen LogP contribution >= 0.6 is 0 Å². The minimum Gasteiger partial charge on any atom is -0.356 e. The van der Waals surface area contributed by atoms with Crippen molar-refractivity contribution < 1.29 is 9.59 Å². The highest BCUT2D eigenvalue weighted by atomic mass is 16.2. The maximum atomic E-state index is 13.0. The van der Waals surface area contributed by atoms with Gasteiger partial charge < -0.3 is 10.2 Å². The Morgan fingerprint density at radius 3 is 2.75 bits per heavy atom. The van der Waals surface area contributed by atoms with E-state index in [4.69, 9.17) is 0 Å². The molecule has 1 N–H and O–H groups in total. The first-order chi connectivity index (χ1) is 11.8. The van der Waals surface area contributed by atoms with Crippen LogP contribution in [0.15, 0.2) is 24.5 Å². The summed E-state index contributed by atoms with van der Waals surface area (Å²) in [5.74, 6) is 0.244. The second kappa shape index (κ2) is 8.27. The highest BCUT2D eigenvalue weighted by Gasteiger charge is 2.36. The SMILES string of the molecule is O=C1NCCCCCN(C(=O)Cc2ccncc2)[C@H]2CCCC[C@@H]12. The summed E-state index contributed by atoms with van der Waals surface area (Å²) in [5, 5.41) is 3.08. The third-order valence-electron chi connectivity index (χ3n) is 5.27. The molecule has 1 saturated carbocycles. The van der Waals surface area contributed by atoms with Crippen molar-refractivity contribution in [3.05, 3.63) is 30.1 Å². The maximum Gasteiger partial charge on any atom is 0.227 e. The van der Waals surface area contributed by atoms with E-state index in [1.807, 2.05) is 17.0 Å². The first-order valence-corrected chi connectivity index (χ1v) is 9.22. The number of hydrogen-bond acceptors (Lipinski definition) is 3. The molecule has 1 aromatic rings. The van der Waals surface area contributed by atoms with Gasteiger partial charge >= 0.3 is 0 Å². The molecule has 1 saturated heterocycles. The number of rotatable bonds is 2. The van der Waals surface area contributed by atoms with Crippen LogP contribution in [0.3, 0.4) is 0 Å². The average Bonchev–Trinajstić information content (AvgIpc) is 2.61. The van der Waals surface area contributed by atoms with E-state index in [0.717, 1.165) is 63.6 Å². The van der Waals surface area contributed by atoms with E-state index in [2.05, 4.69) is 10.3 Å². The maximum absolute atomic E-state index is 13.0. The van der Waals surface area contributed by atoms with Gasteiger partial charge in [0.05, 0.1) is 12.3 Å².